The van der Waals surface area contributed by atoms with E-state index >= 15 is 0 Å². The highest BCUT2D eigenvalue weighted by atomic mass is 79.9. The fourth-order valence-corrected chi connectivity index (χ4v) is 1.75. The summed E-state index contributed by atoms with van der Waals surface area (Å²) in [5.41, 5.74) is 0.473. The van der Waals surface area contributed by atoms with Crippen LogP contribution < -0.4 is 10.6 Å². The first-order valence-corrected chi connectivity index (χ1v) is 6.76. The van der Waals surface area contributed by atoms with Crippen LogP contribution in [-0.2, 0) is 11.3 Å². The van der Waals surface area contributed by atoms with Crippen LogP contribution in [0.2, 0.25) is 0 Å². The fourth-order valence-electron chi connectivity index (χ4n) is 1.35. The van der Waals surface area contributed by atoms with Gasteiger partial charge in [0.2, 0.25) is 5.91 Å². The van der Waals surface area contributed by atoms with E-state index in [1.165, 1.54) is 6.07 Å². The maximum absolute atomic E-state index is 13.4. The van der Waals surface area contributed by atoms with Gasteiger partial charge in [0, 0.05) is 22.6 Å². The van der Waals surface area contributed by atoms with Crippen LogP contribution in [0.1, 0.15) is 25.8 Å². The summed E-state index contributed by atoms with van der Waals surface area (Å²) >= 11 is 3.27. The van der Waals surface area contributed by atoms with E-state index in [0.29, 0.717) is 11.6 Å². The molecule has 1 amide bonds. The molecule has 100 valence electrons. The predicted molar refractivity (Wildman–Crippen MR) is 73.7 cm³/mol. The van der Waals surface area contributed by atoms with Gasteiger partial charge in [-0.05, 0) is 31.5 Å². The smallest absolute Gasteiger partial charge is 0.234 e. The highest BCUT2D eigenvalue weighted by molar-refractivity contribution is 9.10. The Bertz CT molecular complexity index is 412. The molecule has 0 aromatic heterocycles. The maximum atomic E-state index is 13.4. The molecule has 0 aliphatic rings. The summed E-state index contributed by atoms with van der Waals surface area (Å²) in [5, 5.41) is 5.76. The molecule has 3 nitrogen and oxygen atoms in total. The SMILES string of the molecule is CCC(C)NCC(=O)NCc1cc(Br)ccc1F. The molecule has 0 aliphatic carbocycles. The van der Waals surface area contributed by atoms with Gasteiger partial charge in [0.15, 0.2) is 0 Å². The molecule has 5 heteroatoms. The number of hydrogen-bond donors (Lipinski definition) is 2. The van der Waals surface area contributed by atoms with E-state index in [9.17, 15) is 9.18 Å². The second-order valence-electron chi connectivity index (χ2n) is 4.20. The number of rotatable bonds is 6. The van der Waals surface area contributed by atoms with Crippen molar-refractivity contribution in [2.24, 2.45) is 0 Å². The second kappa shape index (κ2) is 7.48. The van der Waals surface area contributed by atoms with Gasteiger partial charge < -0.3 is 10.6 Å². The Labute approximate surface area is 115 Å². The lowest BCUT2D eigenvalue weighted by Crippen LogP contribution is -2.37. The van der Waals surface area contributed by atoms with Crippen molar-refractivity contribution in [3.05, 3.63) is 34.1 Å². The minimum absolute atomic E-state index is 0.130. The van der Waals surface area contributed by atoms with Crippen LogP contribution in [0.15, 0.2) is 22.7 Å². The Morgan fingerprint density at radius 1 is 1.50 bits per heavy atom. The number of amides is 1. The molecule has 0 heterocycles. The van der Waals surface area contributed by atoms with Gasteiger partial charge in [-0.3, -0.25) is 4.79 Å². The van der Waals surface area contributed by atoms with E-state index in [1.54, 1.807) is 12.1 Å². The van der Waals surface area contributed by atoms with Gasteiger partial charge in [0.25, 0.3) is 0 Å². The lowest BCUT2D eigenvalue weighted by atomic mass is 10.2. The van der Waals surface area contributed by atoms with E-state index in [2.05, 4.69) is 26.6 Å². The van der Waals surface area contributed by atoms with E-state index in [-0.39, 0.29) is 24.8 Å². The Kier molecular flexibility index (Phi) is 6.29. The van der Waals surface area contributed by atoms with Crippen LogP contribution in [0, 0.1) is 5.82 Å². The first-order valence-electron chi connectivity index (χ1n) is 5.97. The molecular weight excluding hydrogens is 299 g/mol. The third-order valence-corrected chi connectivity index (χ3v) is 3.20. The molecule has 1 atom stereocenters. The molecule has 0 fully saturated rings. The highest BCUT2D eigenvalue weighted by Gasteiger charge is 2.06. The molecular formula is C13H18BrFN2O. The summed E-state index contributed by atoms with van der Waals surface area (Å²) in [5.74, 6) is -0.442. The Morgan fingerprint density at radius 2 is 2.22 bits per heavy atom. The van der Waals surface area contributed by atoms with Crippen molar-refractivity contribution in [1.29, 1.82) is 0 Å². The average molecular weight is 317 g/mol. The quantitative estimate of drug-likeness (QED) is 0.847. The fraction of sp³-hybridized carbons (Fsp3) is 0.462. The predicted octanol–water partition coefficient (Wildman–Crippen LogP) is 2.59. The molecule has 0 aliphatic heterocycles. The number of benzene rings is 1. The Morgan fingerprint density at radius 3 is 2.89 bits per heavy atom. The summed E-state index contributed by atoms with van der Waals surface area (Å²) in [6.07, 6.45) is 0.966. The molecule has 1 aromatic carbocycles. The van der Waals surface area contributed by atoms with E-state index in [0.717, 1.165) is 10.9 Å². The third kappa shape index (κ3) is 5.14. The highest BCUT2D eigenvalue weighted by Crippen LogP contribution is 2.15. The number of carbonyl (C=O) groups is 1. The molecule has 1 unspecified atom stereocenters. The molecule has 0 bridgehead atoms. The van der Waals surface area contributed by atoms with Crippen molar-refractivity contribution in [3.8, 4) is 0 Å². The topological polar surface area (TPSA) is 41.1 Å². The Hall–Kier alpha value is -0.940. The maximum Gasteiger partial charge on any atom is 0.234 e. The first kappa shape index (κ1) is 15.1. The van der Waals surface area contributed by atoms with Gasteiger partial charge >= 0.3 is 0 Å². The average Bonchev–Trinajstić information content (AvgIpc) is 2.36. The van der Waals surface area contributed by atoms with Gasteiger partial charge in [-0.2, -0.15) is 0 Å². The second-order valence-corrected chi connectivity index (χ2v) is 5.12. The zero-order valence-corrected chi connectivity index (χ0v) is 12.2. The van der Waals surface area contributed by atoms with Crippen molar-refractivity contribution in [3.63, 3.8) is 0 Å². The van der Waals surface area contributed by atoms with Gasteiger partial charge in [-0.15, -0.1) is 0 Å². The molecule has 0 radical (unpaired) electrons. The normalized spacial score (nSPS) is 12.2. The molecule has 0 spiro atoms. The van der Waals surface area contributed by atoms with Gasteiger partial charge in [0.05, 0.1) is 6.54 Å². The monoisotopic (exact) mass is 316 g/mol. The van der Waals surface area contributed by atoms with E-state index < -0.39 is 0 Å². The van der Waals surface area contributed by atoms with Crippen LogP contribution in [0.4, 0.5) is 4.39 Å². The van der Waals surface area contributed by atoms with Crippen LogP contribution in [0.25, 0.3) is 0 Å². The summed E-state index contributed by atoms with van der Waals surface area (Å²) in [6, 6.07) is 4.98. The van der Waals surface area contributed by atoms with Crippen molar-refractivity contribution in [2.75, 3.05) is 6.54 Å². The summed E-state index contributed by atoms with van der Waals surface area (Å²) in [7, 11) is 0. The standard InChI is InChI=1S/C13H18BrFN2O/c1-3-9(2)16-8-13(18)17-7-10-6-11(14)4-5-12(10)15/h4-6,9,16H,3,7-8H2,1-2H3,(H,17,18). The first-order chi connectivity index (χ1) is 8.52. The van der Waals surface area contributed by atoms with E-state index in [4.69, 9.17) is 0 Å². The molecule has 0 saturated carbocycles. The third-order valence-electron chi connectivity index (χ3n) is 2.71. The molecule has 18 heavy (non-hydrogen) atoms. The molecule has 1 aromatic rings. The van der Waals surface area contributed by atoms with Crippen molar-refractivity contribution >= 4 is 21.8 Å². The number of carbonyl (C=O) groups excluding carboxylic acids is 1. The lowest BCUT2D eigenvalue weighted by molar-refractivity contribution is -0.120. The van der Waals surface area contributed by atoms with Crippen LogP contribution in [-0.4, -0.2) is 18.5 Å². The zero-order chi connectivity index (χ0) is 13.5. The summed E-state index contributed by atoms with van der Waals surface area (Å²) < 4.78 is 14.2. The van der Waals surface area contributed by atoms with Gasteiger partial charge in [-0.1, -0.05) is 22.9 Å². The lowest BCUT2D eigenvalue weighted by Gasteiger charge is -2.11. The number of hydrogen-bond acceptors (Lipinski definition) is 2. The molecule has 2 N–H and O–H groups in total. The Balaban J connectivity index is 2.40. The zero-order valence-electron chi connectivity index (χ0n) is 10.6. The number of nitrogens with one attached hydrogen (secondary N) is 2. The molecule has 0 saturated heterocycles. The number of halogens is 2. The largest absolute Gasteiger partial charge is 0.351 e. The summed E-state index contributed by atoms with van der Waals surface area (Å²) in [6.45, 7) is 4.52. The van der Waals surface area contributed by atoms with Gasteiger partial charge in [0.1, 0.15) is 5.82 Å². The van der Waals surface area contributed by atoms with Crippen LogP contribution in [0.5, 0.6) is 0 Å². The van der Waals surface area contributed by atoms with Crippen LogP contribution in [0.3, 0.4) is 0 Å². The van der Waals surface area contributed by atoms with Crippen molar-refractivity contribution < 1.29 is 9.18 Å². The van der Waals surface area contributed by atoms with E-state index in [1.807, 2.05) is 13.8 Å². The van der Waals surface area contributed by atoms with Crippen LogP contribution >= 0.6 is 15.9 Å². The van der Waals surface area contributed by atoms with Gasteiger partial charge in [-0.25, -0.2) is 4.39 Å². The summed E-state index contributed by atoms with van der Waals surface area (Å²) in [4.78, 5) is 11.5. The molecule has 1 rings (SSSR count). The minimum Gasteiger partial charge on any atom is -0.351 e. The van der Waals surface area contributed by atoms with Crippen molar-refractivity contribution in [1.82, 2.24) is 10.6 Å². The minimum atomic E-state index is -0.312. The van der Waals surface area contributed by atoms with Crippen molar-refractivity contribution in [2.45, 2.75) is 32.9 Å².